The third-order valence-corrected chi connectivity index (χ3v) is 3.88. The zero-order chi connectivity index (χ0) is 17.3. The van der Waals surface area contributed by atoms with E-state index < -0.39 is 10.5 Å². The second-order valence-corrected chi connectivity index (χ2v) is 5.91. The molecule has 2 aromatic rings. The molecule has 0 saturated carbocycles. The summed E-state index contributed by atoms with van der Waals surface area (Å²) < 4.78 is 0. The highest BCUT2D eigenvalue weighted by Gasteiger charge is 2.41. The van der Waals surface area contributed by atoms with Crippen molar-refractivity contribution in [3.05, 3.63) is 46.1 Å². The third kappa shape index (κ3) is 3.02. The van der Waals surface area contributed by atoms with Crippen molar-refractivity contribution in [1.29, 1.82) is 5.26 Å². The monoisotopic (exact) mass is 325 g/mol. The fourth-order valence-corrected chi connectivity index (χ4v) is 2.66. The number of aromatic nitrogens is 2. The lowest BCUT2D eigenvalue weighted by atomic mass is 9.91. The summed E-state index contributed by atoms with van der Waals surface area (Å²) in [4.78, 5) is 21.0. The van der Waals surface area contributed by atoms with E-state index >= 15 is 0 Å². The van der Waals surface area contributed by atoms with Crippen LogP contribution in [0.3, 0.4) is 0 Å². The number of nitro benzene ring substituents is 1. The fraction of sp³-hybridized carbons (Fsp3) is 0.312. The number of nitro groups is 1. The Hall–Kier alpha value is -3.05. The van der Waals surface area contributed by atoms with Gasteiger partial charge in [0.1, 0.15) is 11.4 Å². The van der Waals surface area contributed by atoms with Crippen molar-refractivity contribution in [3.63, 3.8) is 0 Å². The molecule has 0 amide bonds. The molecule has 0 atom stereocenters. The first-order valence-electron chi connectivity index (χ1n) is 7.35. The van der Waals surface area contributed by atoms with Crippen molar-refractivity contribution >= 4 is 11.5 Å². The van der Waals surface area contributed by atoms with E-state index in [-0.39, 0.29) is 12.1 Å². The summed E-state index contributed by atoms with van der Waals surface area (Å²) in [5.74, 6) is 1.13. The molecule has 0 bridgehead atoms. The van der Waals surface area contributed by atoms with Crippen LogP contribution < -0.4 is 4.90 Å². The zero-order valence-corrected chi connectivity index (χ0v) is 13.0. The smallest absolute Gasteiger partial charge is 0.269 e. The molecular weight excluding hydrogens is 310 g/mol. The lowest BCUT2D eigenvalue weighted by molar-refractivity contribution is -0.384. The van der Waals surface area contributed by atoms with E-state index in [1.807, 2.05) is 17.9 Å². The van der Waals surface area contributed by atoms with Gasteiger partial charge in [-0.15, -0.1) is 0 Å². The summed E-state index contributed by atoms with van der Waals surface area (Å²) in [5, 5.41) is 29.6. The number of aryl methyl sites for hydroxylation is 1. The van der Waals surface area contributed by atoms with Crippen LogP contribution in [0.15, 0.2) is 30.3 Å². The Morgan fingerprint density at radius 3 is 2.62 bits per heavy atom. The number of β-amino-alcohol motifs (C(OH)–C–C–N with tert-alkyl or cyclic N) is 1. The van der Waals surface area contributed by atoms with Gasteiger partial charge in [0.25, 0.3) is 5.69 Å². The largest absolute Gasteiger partial charge is 0.385 e. The molecular formula is C16H15N5O3. The van der Waals surface area contributed by atoms with Crippen molar-refractivity contribution in [2.45, 2.75) is 18.9 Å². The van der Waals surface area contributed by atoms with Gasteiger partial charge in [-0.1, -0.05) is 0 Å². The molecule has 1 saturated heterocycles. The maximum absolute atomic E-state index is 10.7. The van der Waals surface area contributed by atoms with Crippen LogP contribution in [0.5, 0.6) is 0 Å². The number of non-ortho nitro benzene ring substituents is 1. The standard InChI is InChI=1S/C16H15N5O3/c1-11-8-14(20-9-16(22,10-20)6-7-17)19-15(18-11)12-2-4-13(5-3-12)21(23)24/h2-5,8,22H,6,9-10H2,1H3. The topological polar surface area (TPSA) is 116 Å². The van der Waals surface area contributed by atoms with Gasteiger partial charge in [-0.3, -0.25) is 10.1 Å². The minimum atomic E-state index is -0.985. The summed E-state index contributed by atoms with van der Waals surface area (Å²) in [6, 6.07) is 9.83. The summed E-state index contributed by atoms with van der Waals surface area (Å²) in [6.45, 7) is 2.52. The second kappa shape index (κ2) is 5.86. The molecule has 1 aromatic carbocycles. The van der Waals surface area contributed by atoms with Gasteiger partial charge in [0.05, 0.1) is 30.5 Å². The highest BCUT2D eigenvalue weighted by molar-refractivity contribution is 5.60. The van der Waals surface area contributed by atoms with Crippen molar-refractivity contribution in [3.8, 4) is 17.5 Å². The molecule has 8 heteroatoms. The minimum absolute atomic E-state index is 0.0101. The predicted octanol–water partition coefficient (Wildman–Crippen LogP) is 1.82. The number of rotatable bonds is 4. The van der Waals surface area contributed by atoms with Crippen LogP contribution in [0, 0.1) is 28.4 Å². The Morgan fingerprint density at radius 1 is 1.38 bits per heavy atom. The molecule has 1 aromatic heterocycles. The maximum Gasteiger partial charge on any atom is 0.269 e. The normalized spacial score (nSPS) is 15.5. The molecule has 8 nitrogen and oxygen atoms in total. The van der Waals surface area contributed by atoms with Gasteiger partial charge in [0.15, 0.2) is 5.82 Å². The van der Waals surface area contributed by atoms with E-state index in [9.17, 15) is 15.2 Å². The fourth-order valence-electron chi connectivity index (χ4n) is 2.66. The van der Waals surface area contributed by atoms with Crippen molar-refractivity contribution < 1.29 is 10.0 Å². The van der Waals surface area contributed by atoms with Gasteiger partial charge in [0, 0.05) is 29.5 Å². The van der Waals surface area contributed by atoms with Gasteiger partial charge in [-0.25, -0.2) is 9.97 Å². The number of anilines is 1. The van der Waals surface area contributed by atoms with Gasteiger partial charge in [-0.2, -0.15) is 5.26 Å². The Balaban J connectivity index is 1.85. The van der Waals surface area contributed by atoms with Crippen LogP contribution in [0.1, 0.15) is 12.1 Å². The first-order valence-corrected chi connectivity index (χ1v) is 7.35. The lowest BCUT2D eigenvalue weighted by Crippen LogP contribution is -2.62. The average molecular weight is 325 g/mol. The Labute approximate surface area is 138 Å². The Kier molecular flexibility index (Phi) is 3.87. The van der Waals surface area contributed by atoms with Crippen molar-refractivity contribution in [2.24, 2.45) is 0 Å². The van der Waals surface area contributed by atoms with Crippen LogP contribution in [-0.4, -0.2) is 38.7 Å². The van der Waals surface area contributed by atoms with Crippen LogP contribution in [0.25, 0.3) is 11.4 Å². The number of benzene rings is 1. The van der Waals surface area contributed by atoms with E-state index in [4.69, 9.17) is 5.26 Å². The van der Waals surface area contributed by atoms with Gasteiger partial charge in [-0.05, 0) is 19.1 Å². The summed E-state index contributed by atoms with van der Waals surface area (Å²) in [5.41, 5.74) is 0.458. The summed E-state index contributed by atoms with van der Waals surface area (Å²) >= 11 is 0. The number of hydrogen-bond donors (Lipinski definition) is 1. The van der Waals surface area contributed by atoms with Crippen molar-refractivity contribution in [1.82, 2.24) is 9.97 Å². The van der Waals surface area contributed by atoms with E-state index in [1.54, 1.807) is 18.2 Å². The molecule has 0 spiro atoms. The molecule has 24 heavy (non-hydrogen) atoms. The van der Waals surface area contributed by atoms with Gasteiger partial charge >= 0.3 is 0 Å². The van der Waals surface area contributed by atoms with E-state index in [0.717, 1.165) is 5.69 Å². The van der Waals surface area contributed by atoms with Crippen LogP contribution >= 0.6 is 0 Å². The average Bonchev–Trinajstić information content (AvgIpc) is 2.52. The highest BCUT2D eigenvalue weighted by Crippen LogP contribution is 2.30. The molecule has 3 rings (SSSR count). The molecule has 0 aliphatic carbocycles. The van der Waals surface area contributed by atoms with Crippen LogP contribution in [0.2, 0.25) is 0 Å². The van der Waals surface area contributed by atoms with Crippen molar-refractivity contribution in [2.75, 3.05) is 18.0 Å². The second-order valence-electron chi connectivity index (χ2n) is 5.91. The molecule has 122 valence electrons. The maximum atomic E-state index is 10.7. The molecule has 1 aliphatic rings. The molecule has 0 unspecified atom stereocenters. The Bertz CT molecular complexity index is 823. The van der Waals surface area contributed by atoms with E-state index in [2.05, 4.69) is 9.97 Å². The molecule has 1 aliphatic heterocycles. The van der Waals surface area contributed by atoms with Crippen LogP contribution in [-0.2, 0) is 0 Å². The van der Waals surface area contributed by atoms with Gasteiger partial charge < -0.3 is 10.0 Å². The van der Waals surface area contributed by atoms with Crippen LogP contribution in [0.4, 0.5) is 11.5 Å². The zero-order valence-electron chi connectivity index (χ0n) is 13.0. The molecule has 2 heterocycles. The Morgan fingerprint density at radius 2 is 2.04 bits per heavy atom. The number of aliphatic hydroxyl groups is 1. The minimum Gasteiger partial charge on any atom is -0.385 e. The lowest BCUT2D eigenvalue weighted by Gasteiger charge is -2.46. The molecule has 1 fully saturated rings. The summed E-state index contributed by atoms with van der Waals surface area (Å²) in [6.07, 6.45) is 0.0861. The van der Waals surface area contributed by atoms with E-state index in [0.29, 0.717) is 30.3 Å². The SMILES string of the molecule is Cc1cc(N2CC(O)(CC#N)C2)nc(-c2ccc([N+](=O)[O-])cc2)n1. The number of nitrogens with zero attached hydrogens (tertiary/aromatic N) is 5. The first-order chi connectivity index (χ1) is 11.4. The predicted molar refractivity (Wildman–Crippen MR) is 86.3 cm³/mol. The third-order valence-electron chi connectivity index (χ3n) is 3.88. The van der Waals surface area contributed by atoms with E-state index in [1.165, 1.54) is 12.1 Å². The highest BCUT2D eigenvalue weighted by atomic mass is 16.6. The number of hydrogen-bond acceptors (Lipinski definition) is 7. The molecule has 0 radical (unpaired) electrons. The quantitative estimate of drug-likeness (QED) is 0.673. The first kappa shape index (κ1) is 15.8. The number of nitriles is 1. The molecule has 1 N–H and O–H groups in total. The van der Waals surface area contributed by atoms with Gasteiger partial charge in [0.2, 0.25) is 0 Å². The summed E-state index contributed by atoms with van der Waals surface area (Å²) in [7, 11) is 0.